The van der Waals surface area contributed by atoms with Crippen molar-refractivity contribution in [1.82, 2.24) is 0 Å². The molecule has 0 aromatic carbocycles. The first-order valence-electron chi connectivity index (χ1n) is 9.75. The van der Waals surface area contributed by atoms with Crippen LogP contribution in [-0.4, -0.2) is 74.1 Å². The van der Waals surface area contributed by atoms with Crippen LogP contribution < -0.4 is 0 Å². The Kier molecular flexibility index (Phi) is 16.3. The van der Waals surface area contributed by atoms with Crippen LogP contribution in [0.3, 0.4) is 0 Å². The number of nitrogens with zero attached hydrogens (tertiary/aromatic N) is 1. The Hall–Kier alpha value is -4.02. The van der Waals surface area contributed by atoms with Crippen LogP contribution in [0, 0.1) is 94.7 Å². The number of phosphoric acid groups is 1. The summed E-state index contributed by atoms with van der Waals surface area (Å²) in [5, 5.41) is 9.69. The van der Waals surface area contributed by atoms with Crippen molar-refractivity contribution < 1.29 is 37.6 Å². The molecule has 0 rings (SSSR count). The van der Waals surface area contributed by atoms with Crippen molar-refractivity contribution in [2.75, 3.05) is 47.5 Å². The van der Waals surface area contributed by atoms with Gasteiger partial charge in [-0.15, -0.1) is 0 Å². The smallest absolute Gasteiger partial charge is 0.453 e. The number of aliphatic hydroxyl groups is 1. The molecule has 0 bridgehead atoms. The standard InChI is InChI=1S/C26H22NO7P/c1-5-6-7-8-9-10-11-12-13-14-15-16-17-18-19-20-26(29)32-23-25(28)24-34-35(30,31)33-22-21-27(2,3)4/h25,28H,21-24H2,1-4H3/p+1/t25-/m1/s1. The van der Waals surface area contributed by atoms with Gasteiger partial charge in [-0.05, 0) is 89.8 Å². The fourth-order valence-corrected chi connectivity index (χ4v) is 2.17. The van der Waals surface area contributed by atoms with Crippen LogP contribution in [0.25, 0.3) is 0 Å². The quantitative estimate of drug-likeness (QED) is 0.151. The zero-order valence-corrected chi connectivity index (χ0v) is 20.6. The lowest BCUT2D eigenvalue weighted by molar-refractivity contribution is -0.870. The molecular formula is C26H23NO7P+. The summed E-state index contributed by atoms with van der Waals surface area (Å²) in [4.78, 5) is 21.0. The molecule has 0 aliphatic heterocycles. The Morgan fingerprint density at radius 1 is 0.800 bits per heavy atom. The first kappa shape index (κ1) is 31.0. The Morgan fingerprint density at radius 3 is 1.71 bits per heavy atom. The number of phosphoric ester groups is 1. The van der Waals surface area contributed by atoms with Crippen LogP contribution in [0.5, 0.6) is 0 Å². The lowest BCUT2D eigenvalue weighted by Crippen LogP contribution is -2.37. The van der Waals surface area contributed by atoms with Crippen LogP contribution >= 0.6 is 7.82 Å². The minimum Gasteiger partial charge on any atom is -0.453 e. The van der Waals surface area contributed by atoms with E-state index in [2.05, 4.69) is 104 Å². The van der Waals surface area contributed by atoms with E-state index in [0.717, 1.165) is 0 Å². The molecule has 8 nitrogen and oxygen atoms in total. The van der Waals surface area contributed by atoms with E-state index in [9.17, 15) is 19.4 Å². The van der Waals surface area contributed by atoms with Crippen LogP contribution in [0.2, 0.25) is 0 Å². The Bertz CT molecular complexity index is 1300. The van der Waals surface area contributed by atoms with Gasteiger partial charge in [0.05, 0.1) is 27.7 Å². The third kappa shape index (κ3) is 22.9. The predicted molar refractivity (Wildman–Crippen MR) is 129 cm³/mol. The third-order valence-electron chi connectivity index (χ3n) is 2.96. The number of esters is 1. The second-order valence-electron chi connectivity index (χ2n) is 6.99. The maximum Gasteiger partial charge on any atom is 0.472 e. The minimum absolute atomic E-state index is 0.00880. The van der Waals surface area contributed by atoms with Crippen molar-refractivity contribution in [3.8, 4) is 94.7 Å². The summed E-state index contributed by atoms with van der Waals surface area (Å²) in [6.45, 7) is 1.06. The summed E-state index contributed by atoms with van der Waals surface area (Å²) >= 11 is 0. The van der Waals surface area contributed by atoms with E-state index in [0.29, 0.717) is 11.0 Å². The maximum atomic E-state index is 11.7. The number of carbonyl (C=O) groups excluding carboxylic acids is 1. The summed E-state index contributed by atoms with van der Waals surface area (Å²) < 4.78 is 26.4. The maximum absolute atomic E-state index is 11.7. The lowest BCUT2D eigenvalue weighted by atomic mass is 10.4. The molecule has 9 heteroatoms. The van der Waals surface area contributed by atoms with Crippen LogP contribution in [-0.2, 0) is 23.1 Å². The molecule has 178 valence electrons. The SMILES string of the molecule is CC#CC#CC#CC#CC#CC#CC#CC#CC(=O)OC[C@@H](O)COP(=O)(O)OCC[N+](C)(C)C. The molecule has 0 aliphatic rings. The largest absolute Gasteiger partial charge is 0.472 e. The number of quaternary nitrogens is 1. The van der Waals surface area contributed by atoms with E-state index in [4.69, 9.17) is 4.52 Å². The fraction of sp³-hybridized carbons (Fsp3) is 0.346. The Balaban J connectivity index is 4.33. The Labute approximate surface area is 206 Å². The van der Waals surface area contributed by atoms with Crippen LogP contribution in [0.15, 0.2) is 0 Å². The van der Waals surface area contributed by atoms with E-state index in [-0.39, 0.29) is 6.61 Å². The summed E-state index contributed by atoms with van der Waals surface area (Å²) in [7, 11) is 1.34. The van der Waals surface area contributed by atoms with E-state index in [1.165, 1.54) is 0 Å². The fourth-order valence-electron chi connectivity index (χ4n) is 1.42. The van der Waals surface area contributed by atoms with Crippen molar-refractivity contribution in [2.24, 2.45) is 0 Å². The number of hydrogen-bond donors (Lipinski definition) is 2. The van der Waals surface area contributed by atoms with Gasteiger partial charge in [0.15, 0.2) is 0 Å². The van der Waals surface area contributed by atoms with E-state index in [1.54, 1.807) is 6.92 Å². The van der Waals surface area contributed by atoms with Gasteiger partial charge in [-0.2, -0.15) is 0 Å². The number of ether oxygens (including phenoxy) is 1. The van der Waals surface area contributed by atoms with Crippen molar-refractivity contribution in [3.63, 3.8) is 0 Å². The number of hydrogen-bond acceptors (Lipinski definition) is 6. The van der Waals surface area contributed by atoms with Gasteiger partial charge in [-0.1, -0.05) is 5.92 Å². The molecule has 0 spiro atoms. The second kappa shape index (κ2) is 18.4. The summed E-state index contributed by atoms with van der Waals surface area (Å²) in [5.41, 5.74) is 0. The average molecular weight is 492 g/mol. The van der Waals surface area contributed by atoms with E-state index < -0.39 is 33.1 Å². The summed E-state index contributed by atoms with van der Waals surface area (Å²) in [6.07, 6.45) is -1.35. The second-order valence-corrected chi connectivity index (χ2v) is 8.44. The molecule has 0 saturated carbocycles. The van der Waals surface area contributed by atoms with Crippen molar-refractivity contribution in [1.29, 1.82) is 0 Å². The van der Waals surface area contributed by atoms with Crippen molar-refractivity contribution >= 4 is 13.8 Å². The first-order valence-corrected chi connectivity index (χ1v) is 11.3. The van der Waals surface area contributed by atoms with Gasteiger partial charge in [-0.3, -0.25) is 9.05 Å². The normalized spacial score (nSPS) is 10.9. The topological polar surface area (TPSA) is 102 Å². The zero-order valence-electron chi connectivity index (χ0n) is 19.7. The van der Waals surface area contributed by atoms with Gasteiger partial charge in [0.2, 0.25) is 0 Å². The zero-order chi connectivity index (χ0) is 26.4. The molecule has 0 aromatic heterocycles. The molecule has 0 fully saturated rings. The number of likely N-dealkylation sites (N-methyl/N-ethyl adjacent to an activating group) is 1. The highest BCUT2D eigenvalue weighted by Crippen LogP contribution is 2.43. The van der Waals surface area contributed by atoms with E-state index in [1.807, 2.05) is 21.1 Å². The van der Waals surface area contributed by atoms with E-state index >= 15 is 0 Å². The number of aliphatic hydroxyl groups excluding tert-OH is 1. The number of rotatable bonds is 9. The first-order chi connectivity index (χ1) is 16.6. The molecular weight excluding hydrogens is 469 g/mol. The summed E-state index contributed by atoms with van der Waals surface area (Å²) in [6, 6.07) is 0. The lowest BCUT2D eigenvalue weighted by Gasteiger charge is -2.24. The molecule has 2 atom stereocenters. The Morgan fingerprint density at radius 2 is 1.26 bits per heavy atom. The molecule has 0 heterocycles. The highest BCUT2D eigenvalue weighted by molar-refractivity contribution is 7.47. The minimum atomic E-state index is -4.33. The van der Waals surface area contributed by atoms with Gasteiger partial charge in [-0.25, -0.2) is 9.36 Å². The van der Waals surface area contributed by atoms with Gasteiger partial charge < -0.3 is 19.2 Å². The van der Waals surface area contributed by atoms with Crippen LogP contribution in [0.1, 0.15) is 6.92 Å². The molecule has 1 unspecified atom stereocenters. The molecule has 35 heavy (non-hydrogen) atoms. The van der Waals surface area contributed by atoms with Gasteiger partial charge in [0, 0.05) is 5.92 Å². The third-order valence-corrected chi connectivity index (χ3v) is 3.94. The molecule has 0 radical (unpaired) electrons. The molecule has 0 aliphatic carbocycles. The molecule has 0 aromatic rings. The van der Waals surface area contributed by atoms with Crippen molar-refractivity contribution in [2.45, 2.75) is 13.0 Å². The molecule has 0 amide bonds. The average Bonchev–Trinajstić information content (AvgIpc) is 2.78. The molecule has 2 N–H and O–H groups in total. The predicted octanol–water partition coefficient (Wildman–Crippen LogP) is -0.223. The summed E-state index contributed by atoms with van der Waals surface area (Å²) in [5.74, 6) is 37.6. The highest BCUT2D eigenvalue weighted by Gasteiger charge is 2.24. The molecule has 0 saturated heterocycles. The number of carbonyl (C=O) groups is 1. The monoisotopic (exact) mass is 492 g/mol. The van der Waals surface area contributed by atoms with Crippen LogP contribution in [0.4, 0.5) is 0 Å². The van der Waals surface area contributed by atoms with Crippen molar-refractivity contribution in [3.05, 3.63) is 0 Å². The van der Waals surface area contributed by atoms with Gasteiger partial charge >= 0.3 is 13.8 Å². The van der Waals surface area contributed by atoms with Gasteiger partial charge in [0.1, 0.15) is 25.9 Å². The van der Waals surface area contributed by atoms with Gasteiger partial charge in [0.25, 0.3) is 0 Å². The highest BCUT2D eigenvalue weighted by atomic mass is 31.2.